The molecule has 0 bridgehead atoms. The zero-order valence-electron chi connectivity index (χ0n) is 19.4. The van der Waals surface area contributed by atoms with Crippen LogP contribution in [0.15, 0.2) is 42.0 Å². The molecule has 1 heterocycles. The Labute approximate surface area is 193 Å². The maximum Gasteiger partial charge on any atom is 0.426 e. The Bertz CT molecular complexity index is 1010. The molecule has 1 aromatic rings. The predicted octanol–water partition coefficient (Wildman–Crippen LogP) is 6.12. The fourth-order valence-corrected chi connectivity index (χ4v) is 8.66. The summed E-state index contributed by atoms with van der Waals surface area (Å²) < 4.78 is 43.3. The van der Waals surface area contributed by atoms with Crippen LogP contribution in [0.3, 0.4) is 0 Å². The van der Waals surface area contributed by atoms with Gasteiger partial charge in [-0.15, -0.1) is 0 Å². The van der Waals surface area contributed by atoms with Crippen molar-refractivity contribution in [1.82, 2.24) is 10.4 Å². The Morgan fingerprint density at radius 1 is 0.970 bits per heavy atom. The van der Waals surface area contributed by atoms with Crippen molar-refractivity contribution in [3.63, 3.8) is 0 Å². The number of nitrogens with zero attached hydrogens (tertiary/aromatic N) is 1. The van der Waals surface area contributed by atoms with Crippen molar-refractivity contribution in [3.05, 3.63) is 47.5 Å². The minimum atomic E-state index is -4.38. The summed E-state index contributed by atoms with van der Waals surface area (Å²) >= 11 is 0. The lowest BCUT2D eigenvalue weighted by Crippen LogP contribution is -2.53. The van der Waals surface area contributed by atoms with E-state index in [-0.39, 0.29) is 28.2 Å². The van der Waals surface area contributed by atoms with Crippen molar-refractivity contribution in [2.24, 2.45) is 28.6 Å². The Morgan fingerprint density at radius 2 is 1.73 bits per heavy atom. The number of benzene rings is 1. The minimum absolute atomic E-state index is 0.0914. The summed E-state index contributed by atoms with van der Waals surface area (Å²) in [7, 11) is 0. The summed E-state index contributed by atoms with van der Waals surface area (Å²) in [6, 6.07) is 8.20. The first kappa shape index (κ1) is 21.8. The second-order valence-corrected chi connectivity index (χ2v) is 11.7. The van der Waals surface area contributed by atoms with Gasteiger partial charge in [0.1, 0.15) is 0 Å². The van der Waals surface area contributed by atoms with Crippen LogP contribution in [-0.4, -0.2) is 23.0 Å². The van der Waals surface area contributed by atoms with Crippen LogP contribution >= 0.6 is 0 Å². The summed E-state index contributed by atoms with van der Waals surface area (Å²) in [5, 5.41) is 1.55. The van der Waals surface area contributed by atoms with E-state index >= 15 is 0 Å². The molecule has 1 N–H and O–H groups in total. The topological polar surface area (TPSA) is 42.0 Å². The summed E-state index contributed by atoms with van der Waals surface area (Å²) in [6.07, 6.45) is 4.96. The maximum absolute atomic E-state index is 14.4. The average molecular weight is 459 g/mol. The molecule has 0 spiro atoms. The highest BCUT2D eigenvalue weighted by Gasteiger charge is 2.75. The van der Waals surface area contributed by atoms with Crippen LogP contribution in [0.25, 0.3) is 0 Å². The standard InChI is InChI=1S/C27H33F3N2O/c1-24-14-12-19(33)16-18(24)8-9-20-21-10-11-23(25(21,2)15-13-22(20)24)32-26(31-32,27(28,29)30)17-6-4-3-5-7-17/h3-7,16,20-23,31H,8-15H2,1-2H3/t20-,21-,22-,23?,24-,25-,26?,32?/m0/s1. The number of carbonyl (C=O) groups excluding carboxylic acids is 1. The van der Waals surface area contributed by atoms with Crippen molar-refractivity contribution in [1.29, 1.82) is 0 Å². The summed E-state index contributed by atoms with van der Waals surface area (Å²) in [6.45, 7) is 4.61. The van der Waals surface area contributed by atoms with E-state index in [1.165, 1.54) is 5.57 Å². The largest absolute Gasteiger partial charge is 0.426 e. The van der Waals surface area contributed by atoms with Gasteiger partial charge in [-0.3, -0.25) is 4.79 Å². The number of allylic oxidation sites excluding steroid dienone is 1. The zero-order valence-corrected chi connectivity index (χ0v) is 19.4. The molecule has 33 heavy (non-hydrogen) atoms. The number of alkyl halides is 3. The number of carbonyl (C=O) groups is 1. The first-order chi connectivity index (χ1) is 15.6. The first-order valence-corrected chi connectivity index (χ1v) is 12.5. The van der Waals surface area contributed by atoms with E-state index in [0.717, 1.165) is 44.9 Å². The highest BCUT2D eigenvalue weighted by molar-refractivity contribution is 5.91. The molecule has 0 aromatic heterocycles. The van der Waals surface area contributed by atoms with E-state index in [0.29, 0.717) is 24.2 Å². The van der Waals surface area contributed by atoms with Crippen LogP contribution in [0.1, 0.15) is 70.8 Å². The molecule has 1 aliphatic heterocycles. The van der Waals surface area contributed by atoms with Crippen LogP contribution in [0.2, 0.25) is 0 Å². The Balaban J connectivity index is 1.30. The highest BCUT2D eigenvalue weighted by atomic mass is 19.4. The van der Waals surface area contributed by atoms with Crippen molar-refractivity contribution < 1.29 is 18.0 Å². The molecule has 0 radical (unpaired) electrons. The average Bonchev–Trinajstić information content (AvgIpc) is 3.44. The number of hydrogen-bond acceptors (Lipinski definition) is 3. The predicted molar refractivity (Wildman–Crippen MR) is 120 cm³/mol. The summed E-state index contributed by atoms with van der Waals surface area (Å²) in [5.74, 6) is 1.80. The van der Waals surface area contributed by atoms with Gasteiger partial charge in [0.25, 0.3) is 0 Å². The van der Waals surface area contributed by atoms with Crippen LogP contribution in [0.5, 0.6) is 0 Å². The molecule has 1 aromatic carbocycles. The van der Waals surface area contributed by atoms with Gasteiger partial charge >= 0.3 is 6.18 Å². The number of hydrogen-bond donors (Lipinski definition) is 1. The van der Waals surface area contributed by atoms with Gasteiger partial charge < -0.3 is 0 Å². The van der Waals surface area contributed by atoms with Crippen molar-refractivity contribution in [2.75, 3.05) is 0 Å². The van der Waals surface area contributed by atoms with Gasteiger partial charge in [0.2, 0.25) is 5.66 Å². The van der Waals surface area contributed by atoms with Gasteiger partial charge in [0, 0.05) is 12.5 Å². The van der Waals surface area contributed by atoms with Gasteiger partial charge in [-0.25, -0.2) is 10.4 Å². The molecule has 3 unspecified atom stereocenters. The molecule has 4 fully saturated rings. The lowest BCUT2D eigenvalue weighted by atomic mass is 9.47. The maximum atomic E-state index is 14.4. The fourth-order valence-electron chi connectivity index (χ4n) is 8.66. The molecule has 4 aliphatic carbocycles. The molecule has 3 nitrogen and oxygen atoms in total. The third-order valence-electron chi connectivity index (χ3n) is 10.4. The molecule has 1 saturated heterocycles. The quantitative estimate of drug-likeness (QED) is 0.543. The molecule has 5 aliphatic rings. The molecule has 3 saturated carbocycles. The Hall–Kier alpha value is -1.66. The Morgan fingerprint density at radius 3 is 2.45 bits per heavy atom. The normalized spacial score (nSPS) is 46.8. The third kappa shape index (κ3) is 2.86. The monoisotopic (exact) mass is 458 g/mol. The molecular formula is C27H33F3N2O. The molecule has 8 atom stereocenters. The highest BCUT2D eigenvalue weighted by Crippen LogP contribution is 2.67. The number of halogens is 3. The number of fused-ring (bicyclic) bond motifs is 5. The summed E-state index contributed by atoms with van der Waals surface area (Å²) in [4.78, 5) is 12.1. The van der Waals surface area contributed by atoms with Crippen LogP contribution < -0.4 is 5.43 Å². The van der Waals surface area contributed by atoms with Crippen molar-refractivity contribution in [2.45, 2.75) is 83.1 Å². The summed E-state index contributed by atoms with van der Waals surface area (Å²) in [5.41, 5.74) is 2.35. The van der Waals surface area contributed by atoms with E-state index in [9.17, 15) is 18.0 Å². The number of ketones is 1. The Kier molecular flexibility index (Phi) is 4.60. The van der Waals surface area contributed by atoms with Gasteiger partial charge in [0.05, 0.1) is 0 Å². The zero-order chi connectivity index (χ0) is 23.2. The van der Waals surface area contributed by atoms with Crippen LogP contribution in [0.4, 0.5) is 13.2 Å². The molecule has 178 valence electrons. The number of rotatable bonds is 2. The van der Waals surface area contributed by atoms with Crippen LogP contribution in [-0.2, 0) is 10.5 Å². The third-order valence-corrected chi connectivity index (χ3v) is 10.4. The van der Waals surface area contributed by atoms with Gasteiger partial charge in [-0.05, 0) is 85.2 Å². The molecular weight excluding hydrogens is 425 g/mol. The van der Waals surface area contributed by atoms with Gasteiger partial charge in [-0.1, -0.05) is 49.8 Å². The SMILES string of the molecule is C[C@]12CCC(=O)C=C1CC[C@@H]1[C@@H]2CC[C@]2(C)C(N3NC3(c3ccccc3)C(F)(F)F)CC[C@@H]12. The van der Waals surface area contributed by atoms with Gasteiger partial charge in [0.15, 0.2) is 5.78 Å². The van der Waals surface area contributed by atoms with E-state index in [4.69, 9.17) is 0 Å². The molecule has 0 amide bonds. The second-order valence-electron chi connectivity index (χ2n) is 11.7. The van der Waals surface area contributed by atoms with Crippen molar-refractivity contribution in [3.8, 4) is 0 Å². The second kappa shape index (κ2) is 6.94. The van der Waals surface area contributed by atoms with E-state index in [1.807, 2.05) is 6.08 Å². The molecule has 6 heteroatoms. The smallest absolute Gasteiger partial charge is 0.295 e. The number of hydrazine groups is 1. The fraction of sp³-hybridized carbons (Fsp3) is 0.667. The first-order valence-electron chi connectivity index (χ1n) is 12.5. The van der Waals surface area contributed by atoms with Crippen molar-refractivity contribution >= 4 is 5.78 Å². The lowest BCUT2D eigenvalue weighted by molar-refractivity contribution is -0.181. The molecule has 6 rings (SSSR count). The van der Waals surface area contributed by atoms with E-state index < -0.39 is 11.8 Å². The van der Waals surface area contributed by atoms with E-state index in [2.05, 4.69) is 19.3 Å². The number of nitrogens with one attached hydrogen (secondary N) is 1. The minimum Gasteiger partial charge on any atom is -0.295 e. The van der Waals surface area contributed by atoms with Crippen LogP contribution in [0, 0.1) is 28.6 Å². The van der Waals surface area contributed by atoms with E-state index in [1.54, 1.807) is 35.3 Å². The van der Waals surface area contributed by atoms with Gasteiger partial charge in [-0.2, -0.15) is 13.2 Å². The lowest BCUT2D eigenvalue weighted by Gasteiger charge is -2.58.